The molecule has 2 aromatic carbocycles. The monoisotopic (exact) mass is 417 g/mol. The Morgan fingerprint density at radius 3 is 2.00 bits per heavy atom. The van der Waals surface area contributed by atoms with Gasteiger partial charge in [0.2, 0.25) is 0 Å². The second-order valence-electron chi connectivity index (χ2n) is 7.37. The van der Waals surface area contributed by atoms with Crippen LogP contribution in [0.5, 0.6) is 0 Å². The van der Waals surface area contributed by atoms with Crippen molar-refractivity contribution >= 4 is 24.2 Å². The maximum atomic E-state index is 12.5. The van der Waals surface area contributed by atoms with Gasteiger partial charge in [0.15, 0.2) is 0 Å². The minimum Gasteiger partial charge on any atom is -0.461 e. The standard InChI is InChI=1S/C26H27NO4/c1-20-18-23(25(28)30-16-8-14-21-10-4-2-5-11-21)24(19-20)27-26(29)31-17-9-15-22-12-6-3-7-13-22/h2-15,23-24H,1,16-19H2,(H,27,29)/b14-8+,15-9+/t23-,24+/m1/s1. The highest BCUT2D eigenvalue weighted by atomic mass is 16.5. The zero-order valence-electron chi connectivity index (χ0n) is 17.4. The summed E-state index contributed by atoms with van der Waals surface area (Å²) in [5, 5.41) is 2.78. The molecule has 31 heavy (non-hydrogen) atoms. The van der Waals surface area contributed by atoms with E-state index in [4.69, 9.17) is 9.47 Å². The van der Waals surface area contributed by atoms with Gasteiger partial charge < -0.3 is 14.8 Å². The van der Waals surface area contributed by atoms with Gasteiger partial charge in [-0.25, -0.2) is 4.79 Å². The number of carbonyl (C=O) groups excluding carboxylic acids is 2. The molecule has 1 amide bonds. The molecule has 5 heteroatoms. The van der Waals surface area contributed by atoms with Crippen molar-refractivity contribution in [3.8, 4) is 0 Å². The van der Waals surface area contributed by atoms with Gasteiger partial charge in [0.05, 0.1) is 5.92 Å². The fraction of sp³-hybridized carbons (Fsp3) is 0.231. The number of rotatable bonds is 8. The van der Waals surface area contributed by atoms with Gasteiger partial charge in [-0.15, -0.1) is 0 Å². The molecule has 2 atom stereocenters. The molecule has 5 nitrogen and oxygen atoms in total. The number of ether oxygens (including phenoxy) is 2. The number of benzene rings is 2. The summed E-state index contributed by atoms with van der Waals surface area (Å²) in [6, 6.07) is 19.2. The van der Waals surface area contributed by atoms with Gasteiger partial charge >= 0.3 is 12.1 Å². The van der Waals surface area contributed by atoms with E-state index < -0.39 is 12.0 Å². The summed E-state index contributed by atoms with van der Waals surface area (Å²) in [4.78, 5) is 24.7. The summed E-state index contributed by atoms with van der Waals surface area (Å²) in [5.74, 6) is -0.796. The molecule has 1 aliphatic rings. The third-order valence-electron chi connectivity index (χ3n) is 4.96. The van der Waals surface area contributed by atoms with Gasteiger partial charge in [0.1, 0.15) is 13.2 Å². The van der Waals surface area contributed by atoms with Crippen LogP contribution in [-0.2, 0) is 14.3 Å². The molecule has 160 valence electrons. The Morgan fingerprint density at radius 1 is 0.871 bits per heavy atom. The molecule has 0 radical (unpaired) electrons. The topological polar surface area (TPSA) is 64.6 Å². The highest BCUT2D eigenvalue weighted by Crippen LogP contribution is 2.30. The van der Waals surface area contributed by atoms with E-state index in [0.29, 0.717) is 12.8 Å². The molecule has 2 aromatic rings. The van der Waals surface area contributed by atoms with E-state index in [-0.39, 0.29) is 25.2 Å². The Labute approximate surface area is 183 Å². The summed E-state index contributed by atoms with van der Waals surface area (Å²) in [5.41, 5.74) is 2.98. The maximum Gasteiger partial charge on any atom is 0.407 e. The van der Waals surface area contributed by atoms with Gasteiger partial charge in [-0.1, -0.05) is 85.0 Å². The lowest BCUT2D eigenvalue weighted by molar-refractivity contribution is -0.147. The van der Waals surface area contributed by atoms with Gasteiger partial charge in [-0.3, -0.25) is 4.79 Å². The van der Waals surface area contributed by atoms with E-state index in [9.17, 15) is 9.59 Å². The Balaban J connectivity index is 1.43. The third-order valence-corrected chi connectivity index (χ3v) is 4.96. The summed E-state index contributed by atoms with van der Waals surface area (Å²) < 4.78 is 10.6. The number of alkyl carbamates (subject to hydrolysis) is 1. The SMILES string of the molecule is C=C1C[C@H](NC(=O)OC/C=C/c2ccccc2)[C@H](C(=O)OC/C=C/c2ccccc2)C1. The largest absolute Gasteiger partial charge is 0.461 e. The smallest absolute Gasteiger partial charge is 0.407 e. The number of carbonyl (C=O) groups is 2. The predicted octanol–water partition coefficient (Wildman–Crippen LogP) is 5.02. The maximum absolute atomic E-state index is 12.5. The Hall–Kier alpha value is -3.60. The van der Waals surface area contributed by atoms with Crippen molar-refractivity contribution in [3.05, 3.63) is 96.1 Å². The van der Waals surface area contributed by atoms with Crippen LogP contribution >= 0.6 is 0 Å². The number of nitrogens with one attached hydrogen (secondary N) is 1. The summed E-state index contributed by atoms with van der Waals surface area (Å²) in [7, 11) is 0. The van der Waals surface area contributed by atoms with Crippen LogP contribution < -0.4 is 5.32 Å². The normalized spacial score (nSPS) is 18.4. The fourth-order valence-corrected chi connectivity index (χ4v) is 3.44. The van der Waals surface area contributed by atoms with Crippen molar-refractivity contribution in [3.63, 3.8) is 0 Å². The molecule has 1 saturated carbocycles. The van der Waals surface area contributed by atoms with Gasteiger partial charge in [0, 0.05) is 6.04 Å². The van der Waals surface area contributed by atoms with E-state index in [1.165, 1.54) is 0 Å². The van der Waals surface area contributed by atoms with Crippen molar-refractivity contribution in [1.82, 2.24) is 5.32 Å². The molecule has 3 rings (SSSR count). The average Bonchev–Trinajstić information content (AvgIpc) is 3.15. The lowest BCUT2D eigenvalue weighted by atomic mass is 10.0. The van der Waals surface area contributed by atoms with E-state index in [0.717, 1.165) is 16.7 Å². The van der Waals surface area contributed by atoms with Crippen LogP contribution in [0, 0.1) is 5.92 Å². The van der Waals surface area contributed by atoms with E-state index in [1.54, 1.807) is 12.2 Å². The number of hydrogen-bond acceptors (Lipinski definition) is 4. The first-order valence-electron chi connectivity index (χ1n) is 10.3. The molecular weight excluding hydrogens is 390 g/mol. The highest BCUT2D eigenvalue weighted by molar-refractivity contribution is 5.76. The van der Waals surface area contributed by atoms with E-state index in [2.05, 4.69) is 11.9 Å². The van der Waals surface area contributed by atoms with Crippen molar-refractivity contribution < 1.29 is 19.1 Å². The highest BCUT2D eigenvalue weighted by Gasteiger charge is 2.37. The summed E-state index contributed by atoms with van der Waals surface area (Å²) in [6.45, 7) is 4.29. The van der Waals surface area contributed by atoms with Gasteiger partial charge in [-0.2, -0.15) is 0 Å². The molecular formula is C26H27NO4. The van der Waals surface area contributed by atoms with Crippen molar-refractivity contribution in [2.45, 2.75) is 18.9 Å². The Kier molecular flexibility index (Phi) is 8.23. The first kappa shape index (κ1) is 22.1. The predicted molar refractivity (Wildman–Crippen MR) is 122 cm³/mol. The molecule has 0 bridgehead atoms. The number of amides is 1. The molecule has 1 N–H and O–H groups in total. The van der Waals surface area contributed by atoms with Gasteiger partial charge in [0.25, 0.3) is 0 Å². The summed E-state index contributed by atoms with van der Waals surface area (Å²) >= 11 is 0. The molecule has 1 fully saturated rings. The quantitative estimate of drug-likeness (QED) is 0.484. The van der Waals surface area contributed by atoms with Crippen molar-refractivity contribution in [2.75, 3.05) is 13.2 Å². The lowest BCUT2D eigenvalue weighted by Gasteiger charge is -2.18. The first-order valence-corrected chi connectivity index (χ1v) is 10.3. The first-order chi connectivity index (χ1) is 15.1. The number of hydrogen-bond donors (Lipinski definition) is 1. The Bertz CT molecular complexity index is 934. The van der Waals surface area contributed by atoms with Crippen LogP contribution in [-0.4, -0.2) is 31.3 Å². The van der Waals surface area contributed by atoms with Crippen LogP contribution in [0.15, 0.2) is 85.0 Å². The fourth-order valence-electron chi connectivity index (χ4n) is 3.44. The molecule has 0 heterocycles. The molecule has 0 unspecified atom stereocenters. The lowest BCUT2D eigenvalue weighted by Crippen LogP contribution is -2.41. The summed E-state index contributed by atoms with van der Waals surface area (Å²) in [6.07, 6.45) is 7.83. The van der Waals surface area contributed by atoms with Crippen LogP contribution in [0.25, 0.3) is 12.2 Å². The molecule has 1 aliphatic carbocycles. The minimum absolute atomic E-state index is 0.147. The molecule has 0 spiro atoms. The molecule has 0 saturated heterocycles. The Morgan fingerprint density at radius 2 is 1.42 bits per heavy atom. The second-order valence-corrected chi connectivity index (χ2v) is 7.37. The minimum atomic E-state index is -0.556. The third kappa shape index (κ3) is 7.30. The van der Waals surface area contributed by atoms with Crippen LogP contribution in [0.4, 0.5) is 4.79 Å². The van der Waals surface area contributed by atoms with Crippen LogP contribution in [0.1, 0.15) is 24.0 Å². The van der Waals surface area contributed by atoms with E-state index >= 15 is 0 Å². The van der Waals surface area contributed by atoms with E-state index in [1.807, 2.05) is 72.8 Å². The average molecular weight is 418 g/mol. The number of esters is 1. The van der Waals surface area contributed by atoms with Crippen molar-refractivity contribution in [1.29, 1.82) is 0 Å². The van der Waals surface area contributed by atoms with Gasteiger partial charge in [-0.05, 0) is 36.1 Å². The zero-order valence-corrected chi connectivity index (χ0v) is 17.4. The van der Waals surface area contributed by atoms with Crippen LogP contribution in [0.2, 0.25) is 0 Å². The molecule has 0 aromatic heterocycles. The van der Waals surface area contributed by atoms with Crippen molar-refractivity contribution in [2.24, 2.45) is 5.92 Å². The van der Waals surface area contributed by atoms with Crippen LogP contribution in [0.3, 0.4) is 0 Å². The second kappa shape index (κ2) is 11.6. The zero-order chi connectivity index (χ0) is 21.9. The molecule has 0 aliphatic heterocycles.